The number of aromatic nitrogens is 2. The number of aryl methyl sites for hydroxylation is 1. The molecular formula is C19H13BrN4O4. The molecule has 0 radical (unpaired) electrons. The highest BCUT2D eigenvalue weighted by Crippen LogP contribution is 2.30. The van der Waals surface area contributed by atoms with Crippen LogP contribution in [0.15, 0.2) is 50.8 Å². The summed E-state index contributed by atoms with van der Waals surface area (Å²) in [5.74, 6) is 2.62. The number of nitro groups is 1. The van der Waals surface area contributed by atoms with Gasteiger partial charge in [0, 0.05) is 16.1 Å². The number of fused-ring (bicyclic) bond motifs is 1. The molecule has 3 aromatic rings. The lowest BCUT2D eigenvalue weighted by Crippen LogP contribution is -2.20. The number of halogens is 1. The third kappa shape index (κ3) is 3.77. The van der Waals surface area contributed by atoms with Crippen molar-refractivity contribution >= 4 is 38.7 Å². The lowest BCUT2D eigenvalue weighted by atomic mass is 10.2. The summed E-state index contributed by atoms with van der Waals surface area (Å²) in [6.45, 7) is 1.50. The number of nitro benzene ring substituents is 1. The van der Waals surface area contributed by atoms with Crippen LogP contribution < -0.4 is 10.3 Å². The SMILES string of the molecule is C#CCOc1c(C=Nn2c(C)nc3ccc(Br)cc3c2=O)cccc1[N+](=O)[O-]. The topological polar surface area (TPSA) is 99.6 Å². The van der Waals surface area contributed by atoms with Crippen LogP contribution in [-0.4, -0.2) is 27.4 Å². The first-order valence-electron chi connectivity index (χ1n) is 7.99. The molecule has 0 fully saturated rings. The monoisotopic (exact) mass is 440 g/mol. The van der Waals surface area contributed by atoms with Crippen molar-refractivity contribution in [3.8, 4) is 18.1 Å². The van der Waals surface area contributed by atoms with Gasteiger partial charge in [0.05, 0.1) is 22.0 Å². The van der Waals surface area contributed by atoms with Gasteiger partial charge in [-0.2, -0.15) is 9.78 Å². The average molecular weight is 441 g/mol. The van der Waals surface area contributed by atoms with E-state index in [4.69, 9.17) is 11.2 Å². The number of terminal acetylenes is 1. The van der Waals surface area contributed by atoms with E-state index in [-0.39, 0.29) is 23.6 Å². The quantitative estimate of drug-likeness (QED) is 0.262. The van der Waals surface area contributed by atoms with Gasteiger partial charge >= 0.3 is 5.69 Å². The van der Waals surface area contributed by atoms with Gasteiger partial charge in [0.2, 0.25) is 5.75 Å². The third-order valence-electron chi connectivity index (χ3n) is 3.80. The molecule has 0 saturated carbocycles. The fourth-order valence-electron chi connectivity index (χ4n) is 2.57. The van der Waals surface area contributed by atoms with Crippen molar-refractivity contribution in [3.05, 3.63) is 72.7 Å². The molecule has 0 N–H and O–H groups in total. The van der Waals surface area contributed by atoms with Gasteiger partial charge in [0.25, 0.3) is 5.56 Å². The molecule has 9 heteroatoms. The minimum Gasteiger partial charge on any atom is -0.473 e. The summed E-state index contributed by atoms with van der Waals surface area (Å²) in [6.07, 6.45) is 6.49. The number of hydrogen-bond acceptors (Lipinski definition) is 6. The van der Waals surface area contributed by atoms with Crippen LogP contribution in [0.5, 0.6) is 5.75 Å². The maximum atomic E-state index is 12.8. The molecule has 0 aliphatic rings. The normalized spacial score (nSPS) is 10.9. The summed E-state index contributed by atoms with van der Waals surface area (Å²) < 4.78 is 7.20. The highest BCUT2D eigenvalue weighted by Gasteiger charge is 2.18. The Kier molecular flexibility index (Phi) is 5.52. The van der Waals surface area contributed by atoms with Crippen LogP contribution in [-0.2, 0) is 0 Å². The lowest BCUT2D eigenvalue weighted by Gasteiger charge is -2.08. The van der Waals surface area contributed by atoms with Crippen LogP contribution >= 0.6 is 15.9 Å². The van der Waals surface area contributed by atoms with E-state index in [1.165, 1.54) is 18.3 Å². The molecule has 0 aliphatic heterocycles. The molecule has 0 bridgehead atoms. The Morgan fingerprint density at radius 2 is 2.21 bits per heavy atom. The Morgan fingerprint density at radius 1 is 1.43 bits per heavy atom. The standard InChI is InChI=1S/C19H13BrN4O4/c1-3-9-28-18-13(5-4-6-17(18)24(26)27)11-21-23-12(2)22-16-8-7-14(20)10-15(16)19(23)25/h1,4-8,10-11H,9H2,2H3. The van der Waals surface area contributed by atoms with E-state index >= 15 is 0 Å². The number of rotatable bonds is 5. The third-order valence-corrected chi connectivity index (χ3v) is 4.30. The van der Waals surface area contributed by atoms with E-state index in [2.05, 4.69) is 31.9 Å². The van der Waals surface area contributed by atoms with Crippen molar-refractivity contribution in [1.82, 2.24) is 9.66 Å². The van der Waals surface area contributed by atoms with Gasteiger partial charge in [-0.15, -0.1) is 6.42 Å². The van der Waals surface area contributed by atoms with Crippen LogP contribution in [0, 0.1) is 29.4 Å². The minimum atomic E-state index is -0.574. The molecule has 1 heterocycles. The van der Waals surface area contributed by atoms with E-state index in [0.29, 0.717) is 22.3 Å². The van der Waals surface area contributed by atoms with Crippen molar-refractivity contribution in [3.63, 3.8) is 0 Å². The fourth-order valence-corrected chi connectivity index (χ4v) is 2.94. The molecule has 140 valence electrons. The van der Waals surface area contributed by atoms with Gasteiger partial charge in [0.1, 0.15) is 12.4 Å². The molecule has 2 aromatic carbocycles. The van der Waals surface area contributed by atoms with Crippen molar-refractivity contribution in [2.24, 2.45) is 5.10 Å². The van der Waals surface area contributed by atoms with E-state index in [9.17, 15) is 14.9 Å². The second kappa shape index (κ2) is 8.02. The molecule has 28 heavy (non-hydrogen) atoms. The van der Waals surface area contributed by atoms with E-state index < -0.39 is 4.92 Å². The Morgan fingerprint density at radius 3 is 2.93 bits per heavy atom. The summed E-state index contributed by atoms with van der Waals surface area (Å²) in [5.41, 5.74) is 0.246. The predicted molar refractivity (Wildman–Crippen MR) is 109 cm³/mol. The van der Waals surface area contributed by atoms with Gasteiger partial charge in [-0.25, -0.2) is 4.98 Å². The molecule has 0 atom stereocenters. The van der Waals surface area contributed by atoms with Gasteiger partial charge in [-0.05, 0) is 31.2 Å². The van der Waals surface area contributed by atoms with Crippen LogP contribution in [0.1, 0.15) is 11.4 Å². The van der Waals surface area contributed by atoms with Gasteiger partial charge in [0.15, 0.2) is 0 Å². The van der Waals surface area contributed by atoms with Crippen molar-refractivity contribution in [1.29, 1.82) is 0 Å². The van der Waals surface area contributed by atoms with Crippen molar-refractivity contribution in [2.75, 3.05) is 6.61 Å². The molecular weight excluding hydrogens is 428 g/mol. The Hall–Kier alpha value is -3.51. The summed E-state index contributed by atoms with van der Waals surface area (Å²) in [5, 5.41) is 15.8. The maximum absolute atomic E-state index is 12.8. The zero-order valence-corrected chi connectivity index (χ0v) is 16.2. The fraction of sp³-hybridized carbons (Fsp3) is 0.105. The molecule has 0 spiro atoms. The average Bonchev–Trinajstić information content (AvgIpc) is 2.67. The summed E-state index contributed by atoms with van der Waals surface area (Å²) in [4.78, 5) is 27.8. The molecule has 0 unspecified atom stereocenters. The molecule has 1 aromatic heterocycles. The van der Waals surface area contributed by atoms with E-state index in [1.807, 2.05) is 0 Å². The van der Waals surface area contributed by atoms with Crippen LogP contribution in [0.3, 0.4) is 0 Å². The highest BCUT2D eigenvalue weighted by molar-refractivity contribution is 9.10. The van der Waals surface area contributed by atoms with Crippen LogP contribution in [0.2, 0.25) is 0 Å². The molecule has 3 rings (SSSR count). The number of hydrogen-bond donors (Lipinski definition) is 0. The Balaban J connectivity index is 2.12. The van der Waals surface area contributed by atoms with Gasteiger partial charge in [-0.3, -0.25) is 14.9 Å². The Bertz CT molecular complexity index is 1210. The first-order chi connectivity index (χ1) is 13.4. The largest absolute Gasteiger partial charge is 0.473 e. The number of benzene rings is 2. The zero-order chi connectivity index (χ0) is 20.3. The first kappa shape index (κ1) is 19.3. The summed E-state index contributed by atoms with van der Waals surface area (Å²) >= 11 is 3.33. The van der Waals surface area contributed by atoms with Crippen molar-refractivity contribution < 1.29 is 9.66 Å². The smallest absolute Gasteiger partial charge is 0.311 e. The zero-order valence-electron chi connectivity index (χ0n) is 14.6. The molecule has 8 nitrogen and oxygen atoms in total. The molecule has 0 aliphatic carbocycles. The number of nitrogens with zero attached hydrogens (tertiary/aromatic N) is 4. The number of para-hydroxylation sites is 1. The second-order valence-corrected chi connectivity index (χ2v) is 6.54. The van der Waals surface area contributed by atoms with E-state index in [0.717, 1.165) is 9.15 Å². The molecule has 0 amide bonds. The second-order valence-electron chi connectivity index (χ2n) is 5.63. The summed E-state index contributed by atoms with van der Waals surface area (Å²) in [7, 11) is 0. The predicted octanol–water partition coefficient (Wildman–Crippen LogP) is 3.27. The lowest BCUT2D eigenvalue weighted by molar-refractivity contribution is -0.385. The van der Waals surface area contributed by atoms with Crippen molar-refractivity contribution in [2.45, 2.75) is 6.92 Å². The molecule has 0 saturated heterocycles. The summed E-state index contributed by atoms with van der Waals surface area (Å²) in [6, 6.07) is 9.55. The van der Waals surface area contributed by atoms with Gasteiger partial charge < -0.3 is 4.74 Å². The first-order valence-corrected chi connectivity index (χ1v) is 8.78. The Labute approximate surface area is 167 Å². The number of ether oxygens (including phenoxy) is 1. The minimum absolute atomic E-state index is 0.0172. The van der Waals surface area contributed by atoms with Crippen LogP contribution in [0.25, 0.3) is 10.9 Å². The van der Waals surface area contributed by atoms with Crippen LogP contribution in [0.4, 0.5) is 5.69 Å². The van der Waals surface area contributed by atoms with Gasteiger partial charge in [-0.1, -0.05) is 27.9 Å². The highest BCUT2D eigenvalue weighted by atomic mass is 79.9. The maximum Gasteiger partial charge on any atom is 0.311 e. The van der Waals surface area contributed by atoms with E-state index in [1.54, 1.807) is 31.2 Å².